The quantitative estimate of drug-likeness (QED) is 0.159. The van der Waals surface area contributed by atoms with Crippen molar-refractivity contribution in [2.75, 3.05) is 0 Å². The van der Waals surface area contributed by atoms with Crippen LogP contribution in [0.15, 0.2) is 194 Å². The van der Waals surface area contributed by atoms with Crippen LogP contribution in [0.5, 0.6) is 0 Å². The fourth-order valence-electron chi connectivity index (χ4n) is 7.00. The lowest BCUT2D eigenvalue weighted by molar-refractivity contribution is 1.03. The van der Waals surface area contributed by atoms with Crippen molar-refractivity contribution in [2.24, 2.45) is 0 Å². The Hall–Kier alpha value is -7.04. The number of allylic oxidation sites excluding steroid dienone is 4. The van der Waals surface area contributed by atoms with Gasteiger partial charge in [0, 0.05) is 33.4 Å². The molecule has 2 aromatic heterocycles. The fraction of sp³-hybridized carbons (Fsp3) is 0.0400. The van der Waals surface area contributed by atoms with Crippen LogP contribution >= 0.6 is 0 Å². The third-order valence-electron chi connectivity index (χ3n) is 9.71. The first-order valence-electron chi connectivity index (χ1n) is 18.4. The minimum absolute atomic E-state index is 0.700. The highest BCUT2D eigenvalue weighted by Gasteiger charge is 2.20. The third kappa shape index (κ3) is 6.81. The maximum atomic E-state index is 5.47. The van der Waals surface area contributed by atoms with Gasteiger partial charge in [0.2, 0.25) is 0 Å². The largest absolute Gasteiger partial charge is 0.243 e. The molecule has 8 aromatic rings. The lowest BCUT2D eigenvalue weighted by Crippen LogP contribution is -2.01. The van der Waals surface area contributed by atoms with Crippen LogP contribution in [0.4, 0.5) is 0 Å². The summed E-state index contributed by atoms with van der Waals surface area (Å²) in [6.07, 6.45) is 8.73. The van der Waals surface area contributed by atoms with Crippen LogP contribution in [0, 0.1) is 0 Å². The molecule has 1 aliphatic carbocycles. The molecule has 0 unspecified atom stereocenters. The molecule has 0 amide bonds. The van der Waals surface area contributed by atoms with Crippen LogP contribution in [-0.4, -0.2) is 19.9 Å². The van der Waals surface area contributed by atoms with E-state index in [4.69, 9.17) is 19.9 Å². The number of hydrogen-bond donors (Lipinski definition) is 0. The Morgan fingerprint density at radius 3 is 1.26 bits per heavy atom. The molecule has 4 heteroatoms. The van der Waals surface area contributed by atoms with Gasteiger partial charge in [-0.2, -0.15) is 0 Å². The van der Waals surface area contributed by atoms with Crippen molar-refractivity contribution in [3.63, 3.8) is 0 Å². The Morgan fingerprint density at radius 1 is 0.315 bits per heavy atom. The van der Waals surface area contributed by atoms with Crippen molar-refractivity contribution in [3.05, 3.63) is 200 Å². The molecule has 1 aliphatic rings. The number of hydrogen-bond acceptors (Lipinski definition) is 4. The van der Waals surface area contributed by atoms with E-state index in [9.17, 15) is 0 Å². The summed E-state index contributed by atoms with van der Waals surface area (Å²) in [6.45, 7) is 0. The molecule has 6 aromatic carbocycles. The lowest BCUT2D eigenvalue weighted by atomic mass is 9.96. The van der Waals surface area contributed by atoms with Gasteiger partial charge < -0.3 is 0 Å². The van der Waals surface area contributed by atoms with Crippen LogP contribution in [0.25, 0.3) is 84.4 Å². The highest BCUT2D eigenvalue weighted by molar-refractivity contribution is 5.88. The van der Waals surface area contributed by atoms with Crippen molar-refractivity contribution in [1.29, 1.82) is 0 Å². The Kier molecular flexibility index (Phi) is 9.06. The molecule has 2 heterocycles. The van der Waals surface area contributed by atoms with Gasteiger partial charge in [0.15, 0.2) is 5.82 Å². The van der Waals surface area contributed by atoms with Crippen LogP contribution < -0.4 is 0 Å². The second-order valence-electron chi connectivity index (χ2n) is 13.3. The van der Waals surface area contributed by atoms with Gasteiger partial charge in [-0.3, -0.25) is 0 Å². The topological polar surface area (TPSA) is 51.6 Å². The summed E-state index contributed by atoms with van der Waals surface area (Å²) in [5.74, 6) is 0.700. The van der Waals surface area contributed by atoms with Gasteiger partial charge in [0.05, 0.1) is 34.2 Å². The van der Waals surface area contributed by atoms with E-state index in [-0.39, 0.29) is 0 Å². The van der Waals surface area contributed by atoms with Gasteiger partial charge in [0.25, 0.3) is 0 Å². The van der Waals surface area contributed by atoms with E-state index >= 15 is 0 Å². The minimum atomic E-state index is 0.700. The zero-order valence-electron chi connectivity index (χ0n) is 29.7. The van der Waals surface area contributed by atoms with E-state index in [2.05, 4.69) is 158 Å². The van der Waals surface area contributed by atoms with Crippen LogP contribution in [0.1, 0.15) is 18.5 Å². The molecule has 0 saturated heterocycles. The van der Waals surface area contributed by atoms with E-state index in [1.807, 2.05) is 36.4 Å². The predicted octanol–water partition coefficient (Wildman–Crippen LogP) is 12.7. The molecule has 9 rings (SSSR count). The van der Waals surface area contributed by atoms with Gasteiger partial charge >= 0.3 is 0 Å². The van der Waals surface area contributed by atoms with E-state index in [1.165, 1.54) is 0 Å². The van der Waals surface area contributed by atoms with Crippen molar-refractivity contribution < 1.29 is 0 Å². The van der Waals surface area contributed by atoms with Crippen molar-refractivity contribution in [2.45, 2.75) is 12.8 Å². The Labute approximate surface area is 316 Å². The average molecular weight is 693 g/mol. The van der Waals surface area contributed by atoms with E-state index < -0.39 is 0 Å². The third-order valence-corrected chi connectivity index (χ3v) is 9.71. The summed E-state index contributed by atoms with van der Waals surface area (Å²) in [5.41, 5.74) is 14.5. The summed E-state index contributed by atoms with van der Waals surface area (Å²) in [6, 6.07) is 60.6. The van der Waals surface area contributed by atoms with Gasteiger partial charge in [-0.25, -0.2) is 19.9 Å². The standard InChI is InChI=1S/C50H36N4/c1-6-18-35(19-7-1)44-34-45(36-20-8-2-9-21-36)52-50(51-44)43-31-17-29-41(33-43)40-28-16-30-42(32-40)49-48(39-26-14-5-15-27-39)53-46(37-22-10-3-11-23-37)47(54-49)38-24-12-4-13-25-38/h1,3-8,10-34H,2,9H2. The summed E-state index contributed by atoms with van der Waals surface area (Å²) >= 11 is 0. The maximum Gasteiger partial charge on any atom is 0.160 e. The molecule has 0 N–H and O–H groups in total. The van der Waals surface area contributed by atoms with E-state index in [0.29, 0.717) is 5.82 Å². The zero-order chi connectivity index (χ0) is 36.1. The van der Waals surface area contributed by atoms with E-state index in [0.717, 1.165) is 97.1 Å². The molecule has 0 bridgehead atoms. The molecule has 0 radical (unpaired) electrons. The average Bonchev–Trinajstić information content (AvgIpc) is 3.27. The number of aromatic nitrogens is 4. The van der Waals surface area contributed by atoms with Gasteiger partial charge in [-0.15, -0.1) is 0 Å². The summed E-state index contributed by atoms with van der Waals surface area (Å²) in [4.78, 5) is 21.1. The highest BCUT2D eigenvalue weighted by atomic mass is 14.9. The summed E-state index contributed by atoms with van der Waals surface area (Å²) in [5, 5.41) is 0. The Morgan fingerprint density at radius 2 is 0.741 bits per heavy atom. The molecule has 0 saturated carbocycles. The first-order valence-corrected chi connectivity index (χ1v) is 18.4. The molecule has 256 valence electrons. The molecule has 0 fully saturated rings. The maximum absolute atomic E-state index is 5.47. The second-order valence-corrected chi connectivity index (χ2v) is 13.3. The SMILES string of the molecule is C1=CC(c2cc(-c3ccccc3)nc(-c3cccc(-c4cccc(-c5nc(-c6ccccc6)c(-c6ccccc6)nc5-c5ccccc5)c4)c3)n2)=CCC1. The molecular formula is C50H36N4. The molecule has 0 atom stereocenters. The molecule has 0 spiro atoms. The van der Waals surface area contributed by atoms with Gasteiger partial charge in [0.1, 0.15) is 0 Å². The van der Waals surface area contributed by atoms with Gasteiger partial charge in [-0.05, 0) is 47.7 Å². The molecule has 0 aliphatic heterocycles. The monoisotopic (exact) mass is 692 g/mol. The molecular weight excluding hydrogens is 657 g/mol. The second kappa shape index (κ2) is 14.9. The Balaban J connectivity index is 1.17. The van der Waals surface area contributed by atoms with Crippen molar-refractivity contribution >= 4 is 5.57 Å². The zero-order valence-corrected chi connectivity index (χ0v) is 29.7. The normalized spacial score (nSPS) is 12.3. The molecule has 4 nitrogen and oxygen atoms in total. The Bertz CT molecular complexity index is 2630. The highest BCUT2D eigenvalue weighted by Crippen LogP contribution is 2.38. The minimum Gasteiger partial charge on any atom is -0.243 e. The number of benzene rings is 6. The van der Waals surface area contributed by atoms with Gasteiger partial charge in [-0.1, -0.05) is 176 Å². The van der Waals surface area contributed by atoms with Crippen molar-refractivity contribution in [1.82, 2.24) is 19.9 Å². The van der Waals surface area contributed by atoms with Crippen LogP contribution in [-0.2, 0) is 0 Å². The smallest absolute Gasteiger partial charge is 0.160 e. The lowest BCUT2D eigenvalue weighted by Gasteiger charge is -2.16. The first kappa shape index (κ1) is 32.8. The summed E-state index contributed by atoms with van der Waals surface area (Å²) < 4.78 is 0. The van der Waals surface area contributed by atoms with Crippen LogP contribution in [0.2, 0.25) is 0 Å². The molecule has 54 heavy (non-hydrogen) atoms. The predicted molar refractivity (Wildman–Crippen MR) is 222 cm³/mol. The van der Waals surface area contributed by atoms with E-state index in [1.54, 1.807) is 0 Å². The van der Waals surface area contributed by atoms with Crippen LogP contribution in [0.3, 0.4) is 0 Å². The number of nitrogens with zero attached hydrogens (tertiary/aromatic N) is 4. The van der Waals surface area contributed by atoms with Crippen molar-refractivity contribution in [3.8, 4) is 78.8 Å². The summed E-state index contributed by atoms with van der Waals surface area (Å²) in [7, 11) is 0. The number of rotatable bonds is 8. The fourth-order valence-corrected chi connectivity index (χ4v) is 7.00. The first-order chi connectivity index (χ1) is 26.8.